The van der Waals surface area contributed by atoms with E-state index in [0.29, 0.717) is 12.3 Å². The van der Waals surface area contributed by atoms with Crippen LogP contribution in [-0.2, 0) is 9.53 Å². The van der Waals surface area contributed by atoms with Gasteiger partial charge in [-0.3, -0.25) is 9.78 Å². The predicted octanol–water partition coefficient (Wildman–Crippen LogP) is -0.289. The highest BCUT2D eigenvalue weighted by Crippen LogP contribution is 2.11. The lowest BCUT2D eigenvalue weighted by atomic mass is 10.2. The number of carbonyl (C=O) groups is 2. The molecule has 1 fully saturated rings. The van der Waals surface area contributed by atoms with Gasteiger partial charge in [0.2, 0.25) is 0 Å². The predicted molar refractivity (Wildman–Crippen MR) is 60.0 cm³/mol. The highest BCUT2D eigenvalue weighted by Gasteiger charge is 2.33. The normalized spacial score (nSPS) is 19.6. The monoisotopic (exact) mass is 251 g/mol. The summed E-state index contributed by atoms with van der Waals surface area (Å²) in [6, 6.07) is -0.964. The first-order valence-corrected chi connectivity index (χ1v) is 5.50. The van der Waals surface area contributed by atoms with Crippen molar-refractivity contribution in [2.45, 2.75) is 13.0 Å². The molecule has 0 aromatic carbocycles. The van der Waals surface area contributed by atoms with E-state index in [2.05, 4.69) is 9.97 Å². The Morgan fingerprint density at radius 2 is 2.22 bits per heavy atom. The third-order valence-corrected chi connectivity index (χ3v) is 2.67. The number of morpholine rings is 1. The van der Waals surface area contributed by atoms with Crippen LogP contribution in [0.25, 0.3) is 0 Å². The van der Waals surface area contributed by atoms with Crippen LogP contribution in [0.5, 0.6) is 0 Å². The minimum Gasteiger partial charge on any atom is -0.480 e. The average Bonchev–Trinajstić information content (AvgIpc) is 2.39. The highest BCUT2D eigenvalue weighted by molar-refractivity contribution is 5.94. The molecular weight excluding hydrogens is 238 g/mol. The summed E-state index contributed by atoms with van der Waals surface area (Å²) in [5.41, 5.74) is 0.845. The van der Waals surface area contributed by atoms with Gasteiger partial charge in [0.25, 0.3) is 5.91 Å². The maximum atomic E-state index is 12.1. The van der Waals surface area contributed by atoms with E-state index in [-0.39, 0.29) is 18.8 Å². The van der Waals surface area contributed by atoms with Gasteiger partial charge in [0.15, 0.2) is 6.04 Å². The Morgan fingerprint density at radius 3 is 2.83 bits per heavy atom. The molecule has 1 aliphatic heterocycles. The molecule has 1 amide bonds. The second-order valence-corrected chi connectivity index (χ2v) is 3.97. The molecule has 96 valence electrons. The van der Waals surface area contributed by atoms with Crippen molar-refractivity contribution in [2.75, 3.05) is 19.8 Å². The molecule has 7 nitrogen and oxygen atoms in total. The maximum Gasteiger partial charge on any atom is 0.328 e. The Balaban J connectivity index is 2.20. The van der Waals surface area contributed by atoms with Crippen LogP contribution < -0.4 is 0 Å². The van der Waals surface area contributed by atoms with Crippen LogP contribution in [0.2, 0.25) is 0 Å². The smallest absolute Gasteiger partial charge is 0.328 e. The molecule has 2 rings (SSSR count). The lowest BCUT2D eigenvalue weighted by molar-refractivity contribution is -0.147. The van der Waals surface area contributed by atoms with Crippen LogP contribution in [0.15, 0.2) is 12.4 Å². The number of rotatable bonds is 2. The van der Waals surface area contributed by atoms with Crippen LogP contribution >= 0.6 is 0 Å². The number of carboxylic acids is 1. The van der Waals surface area contributed by atoms with Gasteiger partial charge in [-0.1, -0.05) is 0 Å². The van der Waals surface area contributed by atoms with Crippen molar-refractivity contribution in [3.8, 4) is 0 Å². The Morgan fingerprint density at radius 1 is 1.44 bits per heavy atom. The van der Waals surface area contributed by atoms with E-state index in [1.165, 1.54) is 17.3 Å². The van der Waals surface area contributed by atoms with Gasteiger partial charge < -0.3 is 14.7 Å². The molecule has 1 aromatic rings. The maximum absolute atomic E-state index is 12.1. The van der Waals surface area contributed by atoms with Gasteiger partial charge in [-0.2, -0.15) is 0 Å². The molecule has 0 saturated carbocycles. The zero-order valence-electron chi connectivity index (χ0n) is 9.87. The number of ether oxygens (including phenoxy) is 1. The zero-order valence-corrected chi connectivity index (χ0v) is 9.87. The lowest BCUT2D eigenvalue weighted by Gasteiger charge is -2.32. The zero-order chi connectivity index (χ0) is 13.1. The summed E-state index contributed by atoms with van der Waals surface area (Å²) >= 11 is 0. The minimum atomic E-state index is -1.08. The molecule has 1 aromatic heterocycles. The fourth-order valence-corrected chi connectivity index (χ4v) is 1.70. The number of aliphatic carboxylic acids is 1. The van der Waals surface area contributed by atoms with Gasteiger partial charge >= 0.3 is 5.97 Å². The summed E-state index contributed by atoms with van der Waals surface area (Å²) in [6.45, 7) is 2.33. The first kappa shape index (κ1) is 12.4. The van der Waals surface area contributed by atoms with Crippen molar-refractivity contribution in [1.82, 2.24) is 14.9 Å². The van der Waals surface area contributed by atoms with E-state index in [4.69, 9.17) is 9.84 Å². The third-order valence-electron chi connectivity index (χ3n) is 2.67. The topological polar surface area (TPSA) is 92.6 Å². The molecule has 0 aliphatic carbocycles. The molecule has 0 spiro atoms. The Labute approximate surface area is 103 Å². The van der Waals surface area contributed by atoms with E-state index >= 15 is 0 Å². The molecule has 1 atom stereocenters. The number of carboxylic acid groups (broad SMARTS) is 1. The van der Waals surface area contributed by atoms with E-state index in [0.717, 1.165) is 0 Å². The number of aromatic nitrogens is 2. The molecule has 2 heterocycles. The molecular formula is C11H13N3O4. The summed E-state index contributed by atoms with van der Waals surface area (Å²) < 4.78 is 5.07. The number of hydrogen-bond donors (Lipinski definition) is 1. The van der Waals surface area contributed by atoms with E-state index in [9.17, 15) is 9.59 Å². The quantitative estimate of drug-likeness (QED) is 0.776. The van der Waals surface area contributed by atoms with Crippen molar-refractivity contribution in [3.63, 3.8) is 0 Å². The van der Waals surface area contributed by atoms with Crippen molar-refractivity contribution in [1.29, 1.82) is 0 Å². The largest absolute Gasteiger partial charge is 0.480 e. The van der Waals surface area contributed by atoms with E-state index in [1.54, 1.807) is 6.92 Å². The number of nitrogens with zero attached hydrogens (tertiary/aromatic N) is 3. The molecule has 7 heteroatoms. The van der Waals surface area contributed by atoms with Crippen molar-refractivity contribution < 1.29 is 19.4 Å². The van der Waals surface area contributed by atoms with Crippen LogP contribution in [0.1, 0.15) is 16.2 Å². The fraction of sp³-hybridized carbons (Fsp3) is 0.455. The van der Waals surface area contributed by atoms with Crippen molar-refractivity contribution in [2.24, 2.45) is 0 Å². The van der Waals surface area contributed by atoms with Gasteiger partial charge in [0, 0.05) is 12.7 Å². The van der Waals surface area contributed by atoms with E-state index in [1.807, 2.05) is 0 Å². The summed E-state index contributed by atoms with van der Waals surface area (Å²) in [6.07, 6.45) is 2.83. The number of carbonyl (C=O) groups excluding carboxylic acids is 1. The van der Waals surface area contributed by atoms with Gasteiger partial charge in [-0.05, 0) is 6.92 Å². The third kappa shape index (κ3) is 2.45. The lowest BCUT2D eigenvalue weighted by Crippen LogP contribution is -2.52. The summed E-state index contributed by atoms with van der Waals surface area (Å²) in [7, 11) is 0. The van der Waals surface area contributed by atoms with E-state index < -0.39 is 17.9 Å². The van der Waals surface area contributed by atoms with Crippen LogP contribution in [-0.4, -0.2) is 57.7 Å². The van der Waals surface area contributed by atoms with Gasteiger partial charge in [-0.25, -0.2) is 9.78 Å². The molecule has 1 aliphatic rings. The second-order valence-electron chi connectivity index (χ2n) is 3.97. The molecule has 18 heavy (non-hydrogen) atoms. The first-order valence-electron chi connectivity index (χ1n) is 5.50. The standard InChI is InChI=1S/C11H13N3O4/c1-7-4-13-8(5-12-7)10(15)14-2-3-18-6-9(14)11(16)17/h4-5,9H,2-3,6H2,1H3,(H,16,17). The molecule has 1 unspecified atom stereocenters. The highest BCUT2D eigenvalue weighted by atomic mass is 16.5. The fourth-order valence-electron chi connectivity index (χ4n) is 1.70. The Bertz CT molecular complexity index is 460. The minimum absolute atomic E-state index is 0.000360. The van der Waals surface area contributed by atoms with Crippen LogP contribution in [0.3, 0.4) is 0 Å². The number of aryl methyl sites for hydroxylation is 1. The summed E-state index contributed by atoms with van der Waals surface area (Å²) in [5, 5.41) is 9.04. The summed E-state index contributed by atoms with van der Waals surface area (Å²) in [4.78, 5) is 32.4. The number of hydrogen-bond acceptors (Lipinski definition) is 5. The average molecular weight is 251 g/mol. The molecule has 1 saturated heterocycles. The van der Waals surface area contributed by atoms with Gasteiger partial charge in [-0.15, -0.1) is 0 Å². The Kier molecular flexibility index (Phi) is 3.52. The molecule has 1 N–H and O–H groups in total. The SMILES string of the molecule is Cc1cnc(C(=O)N2CCOCC2C(=O)O)cn1. The molecule has 0 bridgehead atoms. The first-order chi connectivity index (χ1) is 8.59. The van der Waals surface area contributed by atoms with Crippen LogP contribution in [0.4, 0.5) is 0 Å². The van der Waals surface area contributed by atoms with Gasteiger partial charge in [0.1, 0.15) is 5.69 Å². The Hall–Kier alpha value is -2.02. The van der Waals surface area contributed by atoms with Gasteiger partial charge in [0.05, 0.1) is 25.1 Å². The van der Waals surface area contributed by atoms with Crippen LogP contribution in [0, 0.1) is 6.92 Å². The van der Waals surface area contributed by atoms with Crippen molar-refractivity contribution in [3.05, 3.63) is 23.8 Å². The second kappa shape index (κ2) is 5.09. The summed E-state index contributed by atoms with van der Waals surface area (Å²) in [5.74, 6) is -1.51. The number of amides is 1. The molecule has 0 radical (unpaired) electrons. The van der Waals surface area contributed by atoms with Crippen molar-refractivity contribution >= 4 is 11.9 Å².